The smallest absolute Gasteiger partial charge is 0.191 e. The molecule has 0 atom stereocenters. The second-order valence-electron chi connectivity index (χ2n) is 9.41. The zero-order valence-corrected chi connectivity index (χ0v) is 23.4. The van der Waals surface area contributed by atoms with Gasteiger partial charge in [-0.2, -0.15) is 0 Å². The normalized spacial score (nSPS) is 14.3. The Bertz CT molecular complexity index is 1510. The largest absolute Gasteiger partial charge is 0.305 e. The van der Waals surface area contributed by atoms with Crippen LogP contribution in [0, 0.1) is 0 Å². The number of rotatable bonds is 9. The molecule has 0 saturated carbocycles. The van der Waals surface area contributed by atoms with E-state index in [4.69, 9.17) is 0 Å². The van der Waals surface area contributed by atoms with E-state index in [0.717, 1.165) is 72.5 Å². The number of nitrogens with zero attached hydrogens (tertiary/aromatic N) is 6. The second-order valence-corrected chi connectivity index (χ2v) is 12.8. The first kappa shape index (κ1) is 26.5. The van der Waals surface area contributed by atoms with Gasteiger partial charge in [-0.1, -0.05) is 43.0 Å². The fourth-order valence-corrected chi connectivity index (χ4v) is 6.51. The molecule has 0 radical (unpaired) electrons. The Morgan fingerprint density at radius 2 is 1.79 bits per heavy atom. The van der Waals surface area contributed by atoms with Crippen molar-refractivity contribution in [2.45, 2.75) is 36.2 Å². The molecule has 2 aromatic carbocycles. The van der Waals surface area contributed by atoms with E-state index in [1.54, 1.807) is 43.3 Å². The third kappa shape index (κ3) is 5.98. The number of hydrogen-bond donors (Lipinski definition) is 0. The minimum atomic E-state index is -3.17. The summed E-state index contributed by atoms with van der Waals surface area (Å²) in [5.74, 6) is 1.92. The van der Waals surface area contributed by atoms with Crippen LogP contribution >= 0.6 is 11.8 Å². The molecule has 1 aliphatic heterocycles. The molecule has 0 saturated heterocycles. The van der Waals surface area contributed by atoms with Gasteiger partial charge in [-0.25, -0.2) is 8.42 Å². The first-order valence-corrected chi connectivity index (χ1v) is 15.5. The van der Waals surface area contributed by atoms with Crippen molar-refractivity contribution in [2.24, 2.45) is 7.05 Å². The summed E-state index contributed by atoms with van der Waals surface area (Å²) in [6.07, 6.45) is 8.00. The van der Waals surface area contributed by atoms with Crippen molar-refractivity contribution >= 4 is 21.6 Å². The summed E-state index contributed by atoms with van der Waals surface area (Å²) in [4.78, 5) is 11.5. The monoisotopic (exact) mass is 548 g/mol. The van der Waals surface area contributed by atoms with Crippen LogP contribution in [-0.2, 0) is 29.7 Å². The molecule has 10 heteroatoms. The molecule has 198 valence electrons. The molecule has 0 N–H and O–H groups in total. The van der Waals surface area contributed by atoms with Gasteiger partial charge in [0.2, 0.25) is 0 Å². The fourth-order valence-electron chi connectivity index (χ4n) is 4.74. The molecule has 3 heterocycles. The predicted molar refractivity (Wildman–Crippen MR) is 151 cm³/mol. The first-order chi connectivity index (χ1) is 18.4. The molecule has 0 fully saturated rings. The number of benzene rings is 2. The molecule has 0 unspecified atom stereocenters. The van der Waals surface area contributed by atoms with E-state index in [0.29, 0.717) is 4.90 Å². The summed E-state index contributed by atoms with van der Waals surface area (Å²) in [6.45, 7) is 4.64. The molecule has 0 spiro atoms. The van der Waals surface area contributed by atoms with Gasteiger partial charge in [-0.15, -0.1) is 10.2 Å². The van der Waals surface area contributed by atoms with E-state index >= 15 is 0 Å². The number of fused-ring (bicyclic) bond motifs is 1. The van der Waals surface area contributed by atoms with Gasteiger partial charge in [0.1, 0.15) is 0 Å². The highest BCUT2D eigenvalue weighted by molar-refractivity contribution is 7.99. The Labute approximate surface area is 228 Å². The van der Waals surface area contributed by atoms with Crippen LogP contribution in [0.5, 0.6) is 0 Å². The number of sulfone groups is 1. The van der Waals surface area contributed by atoms with Crippen molar-refractivity contribution in [3.05, 3.63) is 72.2 Å². The number of aromatic nitrogens is 5. The van der Waals surface area contributed by atoms with E-state index in [2.05, 4.69) is 31.1 Å². The third-order valence-electron chi connectivity index (χ3n) is 6.98. The van der Waals surface area contributed by atoms with E-state index in [-0.39, 0.29) is 5.75 Å². The van der Waals surface area contributed by atoms with Crippen molar-refractivity contribution in [1.29, 1.82) is 0 Å². The zero-order valence-electron chi connectivity index (χ0n) is 21.7. The molecule has 1 aliphatic rings. The Morgan fingerprint density at radius 3 is 2.58 bits per heavy atom. The summed E-state index contributed by atoms with van der Waals surface area (Å²) in [5.41, 5.74) is 5.26. The van der Waals surface area contributed by atoms with Crippen molar-refractivity contribution in [1.82, 2.24) is 29.6 Å². The quantitative estimate of drug-likeness (QED) is 0.226. The fraction of sp³-hybridized carbons (Fsp3) is 0.357. The van der Waals surface area contributed by atoms with Crippen LogP contribution in [-0.4, -0.2) is 69.2 Å². The van der Waals surface area contributed by atoms with Crippen LogP contribution in [0.3, 0.4) is 0 Å². The van der Waals surface area contributed by atoms with Crippen LogP contribution in [0.2, 0.25) is 0 Å². The van der Waals surface area contributed by atoms with Gasteiger partial charge in [-0.05, 0) is 55.1 Å². The maximum atomic E-state index is 12.3. The summed E-state index contributed by atoms with van der Waals surface area (Å²) < 4.78 is 26.6. The minimum Gasteiger partial charge on any atom is -0.305 e. The highest BCUT2D eigenvalue weighted by Crippen LogP contribution is 2.27. The summed E-state index contributed by atoms with van der Waals surface area (Å²) in [5, 5.41) is 9.80. The zero-order chi connectivity index (χ0) is 26.5. The van der Waals surface area contributed by atoms with Crippen LogP contribution < -0.4 is 0 Å². The number of hydrogen-bond acceptors (Lipinski definition) is 8. The second kappa shape index (κ2) is 11.8. The van der Waals surface area contributed by atoms with E-state index in [1.807, 2.05) is 41.9 Å². The lowest BCUT2D eigenvalue weighted by Crippen LogP contribution is -2.27. The molecule has 0 amide bonds. The SMILES string of the molecule is CCS(=O)(=O)c1ccc2c(c1)CCN(CCCSc1nnc(-c3cccc(-c4cnccn4)c3)n1C)CC2. The van der Waals surface area contributed by atoms with Crippen molar-refractivity contribution in [3.63, 3.8) is 0 Å². The lowest BCUT2D eigenvalue weighted by atomic mass is 10.0. The highest BCUT2D eigenvalue weighted by Gasteiger charge is 2.18. The average Bonchev–Trinajstić information content (AvgIpc) is 3.19. The standard InChI is InChI=1S/C28H32N6O2S2/c1-3-38(35,36)25-9-8-21-10-15-34(16-11-22(21)19-25)14-5-17-37-28-32-31-27(33(28)2)24-7-4-6-23(18-24)26-20-29-12-13-30-26/h4,6-9,12-13,18-20H,3,5,10-11,14-17H2,1-2H3. The van der Waals surface area contributed by atoms with Gasteiger partial charge in [-0.3, -0.25) is 9.97 Å². The highest BCUT2D eigenvalue weighted by atomic mass is 32.2. The molecule has 0 aliphatic carbocycles. The van der Waals surface area contributed by atoms with Gasteiger partial charge < -0.3 is 9.47 Å². The van der Waals surface area contributed by atoms with Crippen molar-refractivity contribution in [3.8, 4) is 22.6 Å². The van der Waals surface area contributed by atoms with Crippen molar-refractivity contribution < 1.29 is 8.42 Å². The Kier molecular flexibility index (Phi) is 8.21. The lowest BCUT2D eigenvalue weighted by molar-refractivity contribution is 0.289. The predicted octanol–water partition coefficient (Wildman–Crippen LogP) is 4.32. The third-order valence-corrected chi connectivity index (χ3v) is 9.81. The van der Waals surface area contributed by atoms with E-state index < -0.39 is 9.84 Å². The average molecular weight is 549 g/mol. The van der Waals surface area contributed by atoms with Crippen LogP contribution in [0.1, 0.15) is 24.5 Å². The van der Waals surface area contributed by atoms with E-state index in [9.17, 15) is 8.42 Å². The van der Waals surface area contributed by atoms with Crippen LogP contribution in [0.25, 0.3) is 22.6 Å². The molecule has 5 rings (SSSR count). The van der Waals surface area contributed by atoms with Gasteiger partial charge >= 0.3 is 0 Å². The lowest BCUT2D eigenvalue weighted by Gasteiger charge is -2.19. The molecule has 0 bridgehead atoms. The Morgan fingerprint density at radius 1 is 0.974 bits per heavy atom. The first-order valence-electron chi connectivity index (χ1n) is 12.9. The van der Waals surface area contributed by atoms with Crippen molar-refractivity contribution in [2.75, 3.05) is 31.1 Å². The molecule has 4 aromatic rings. The van der Waals surface area contributed by atoms with Crippen LogP contribution in [0.4, 0.5) is 0 Å². The summed E-state index contributed by atoms with van der Waals surface area (Å²) in [7, 11) is -1.16. The van der Waals surface area contributed by atoms with E-state index in [1.165, 1.54) is 11.1 Å². The molecular weight excluding hydrogens is 516 g/mol. The van der Waals surface area contributed by atoms with Gasteiger partial charge in [0.15, 0.2) is 20.8 Å². The topological polar surface area (TPSA) is 93.9 Å². The van der Waals surface area contributed by atoms with Gasteiger partial charge in [0, 0.05) is 49.4 Å². The molecule has 38 heavy (non-hydrogen) atoms. The number of thioether (sulfide) groups is 1. The molecular formula is C28H32N6O2S2. The Balaban J connectivity index is 1.15. The minimum absolute atomic E-state index is 0.137. The van der Waals surface area contributed by atoms with Gasteiger partial charge in [0.05, 0.1) is 22.5 Å². The molecule has 8 nitrogen and oxygen atoms in total. The maximum absolute atomic E-state index is 12.3. The van der Waals surface area contributed by atoms with Gasteiger partial charge in [0.25, 0.3) is 0 Å². The Hall–Kier alpha value is -3.08. The molecule has 2 aromatic heterocycles. The summed E-state index contributed by atoms with van der Waals surface area (Å²) in [6, 6.07) is 13.8. The van der Waals surface area contributed by atoms with Crippen LogP contribution in [0.15, 0.2) is 71.1 Å². The summed E-state index contributed by atoms with van der Waals surface area (Å²) >= 11 is 1.73. The maximum Gasteiger partial charge on any atom is 0.191 e.